The molecule has 0 saturated carbocycles. The number of carbonyl (C=O) groups is 4. The van der Waals surface area contributed by atoms with Gasteiger partial charge in [0, 0.05) is 25.7 Å². The van der Waals surface area contributed by atoms with E-state index >= 15 is 0 Å². The minimum absolute atomic E-state index is 0.0857. The SMILES string of the molecule is CCCC/C=C\CCCCCCCC(=O)OC(COC(=O)CCCCCCCCCCCCCCCCC)COP(=O)(O)OCC(O)COP(=O)(O)OCC(COC(=O)CCCCCCCC/C=C\C/C=C\C/C=C\CCCCC)OC(=O)CCCCCCC/C=C\CCCCCCCC. The van der Waals surface area contributed by atoms with Gasteiger partial charge in [-0.15, -0.1) is 0 Å². The fourth-order valence-electron chi connectivity index (χ4n) is 11.2. The van der Waals surface area contributed by atoms with Gasteiger partial charge >= 0.3 is 39.5 Å². The van der Waals surface area contributed by atoms with Gasteiger partial charge in [-0.25, -0.2) is 9.13 Å². The molecule has 0 amide bonds. The zero-order valence-electron chi connectivity index (χ0n) is 63.9. The Morgan fingerprint density at radius 1 is 0.280 bits per heavy atom. The summed E-state index contributed by atoms with van der Waals surface area (Å²) in [6.45, 7) is 4.84. The maximum Gasteiger partial charge on any atom is 0.472 e. The van der Waals surface area contributed by atoms with Gasteiger partial charge in [0.25, 0.3) is 0 Å². The topological polar surface area (TPSA) is 237 Å². The van der Waals surface area contributed by atoms with Crippen molar-refractivity contribution >= 4 is 39.5 Å². The number of rotatable bonds is 77. The first-order valence-electron chi connectivity index (χ1n) is 40.5. The molecule has 0 radical (unpaired) electrons. The van der Waals surface area contributed by atoms with Crippen molar-refractivity contribution in [3.8, 4) is 0 Å². The van der Waals surface area contributed by atoms with Crippen molar-refractivity contribution in [1.29, 1.82) is 0 Å². The van der Waals surface area contributed by atoms with E-state index in [0.29, 0.717) is 25.7 Å². The first-order valence-corrected chi connectivity index (χ1v) is 43.5. The molecule has 0 bridgehead atoms. The summed E-state index contributed by atoms with van der Waals surface area (Å²) in [7, 11) is -9.94. The molecule has 0 aliphatic rings. The van der Waals surface area contributed by atoms with Crippen LogP contribution >= 0.6 is 15.6 Å². The van der Waals surface area contributed by atoms with E-state index < -0.39 is 97.5 Å². The molecular formula is C81H148O17P2. The normalized spacial score (nSPS) is 14.2. The van der Waals surface area contributed by atoms with E-state index in [1.165, 1.54) is 141 Å². The molecule has 584 valence electrons. The number of phosphoric ester groups is 2. The number of ether oxygens (including phenoxy) is 4. The standard InChI is InChI=1S/C81H148O17P2/c1-5-9-13-17-21-25-29-32-35-36-37-38-41-43-47-50-54-58-62-66-79(84)92-72-77(98-81(86)68-64-60-56-52-48-44-40-34-31-27-23-19-15-11-7-3)74-96-100(89,90)94-70-75(82)69-93-99(87,88)95-73-76(97-80(85)67-63-59-55-51-45-28-24-20-16-12-8-4)71-91-78(83)65-61-57-53-49-46-42-39-33-30-26-22-18-14-10-6-2/h20-21,24-25,32,34-35,37-38,40,75-77,82H,5-19,22-23,26-31,33,36,39,41-74H2,1-4H3,(H,87,88)(H,89,90)/b24-20-,25-21-,35-32-,38-37-,40-34-. The maximum atomic E-state index is 13.1. The van der Waals surface area contributed by atoms with Gasteiger partial charge in [-0.3, -0.25) is 37.3 Å². The third-order valence-electron chi connectivity index (χ3n) is 17.5. The summed E-state index contributed by atoms with van der Waals surface area (Å²) in [5.41, 5.74) is 0. The van der Waals surface area contributed by atoms with Crippen LogP contribution in [0.3, 0.4) is 0 Å². The highest BCUT2D eigenvalue weighted by Crippen LogP contribution is 2.45. The molecule has 0 aliphatic heterocycles. The number of carbonyl (C=O) groups excluding carboxylic acids is 4. The molecule has 19 heteroatoms. The van der Waals surface area contributed by atoms with Gasteiger partial charge in [-0.1, -0.05) is 300 Å². The molecule has 0 fully saturated rings. The second-order valence-electron chi connectivity index (χ2n) is 27.4. The number of esters is 4. The molecule has 3 N–H and O–H groups in total. The van der Waals surface area contributed by atoms with Gasteiger partial charge in [0.2, 0.25) is 0 Å². The lowest BCUT2D eigenvalue weighted by molar-refractivity contribution is -0.161. The lowest BCUT2D eigenvalue weighted by Gasteiger charge is -2.21. The van der Waals surface area contributed by atoms with E-state index in [1.807, 2.05) is 0 Å². The number of unbranched alkanes of at least 4 members (excludes halogenated alkanes) is 41. The molecular weight excluding hydrogens is 1310 g/mol. The highest BCUT2D eigenvalue weighted by Gasteiger charge is 2.30. The van der Waals surface area contributed by atoms with Gasteiger partial charge in [-0.05, 0) is 109 Å². The molecule has 0 aromatic heterocycles. The van der Waals surface area contributed by atoms with Crippen molar-refractivity contribution in [1.82, 2.24) is 0 Å². The Hall–Kier alpha value is -3.24. The Morgan fingerprint density at radius 2 is 0.500 bits per heavy atom. The number of phosphoric acid groups is 2. The number of allylic oxidation sites excluding steroid dienone is 10. The van der Waals surface area contributed by atoms with Gasteiger partial charge in [0.05, 0.1) is 26.4 Å². The number of aliphatic hydroxyl groups is 1. The molecule has 5 unspecified atom stereocenters. The summed E-state index contributed by atoms with van der Waals surface area (Å²) >= 11 is 0. The average molecular weight is 1460 g/mol. The van der Waals surface area contributed by atoms with Crippen molar-refractivity contribution in [3.05, 3.63) is 60.8 Å². The summed E-state index contributed by atoms with van der Waals surface area (Å²) in [4.78, 5) is 72.9. The van der Waals surface area contributed by atoms with Crippen LogP contribution in [-0.2, 0) is 65.4 Å². The third kappa shape index (κ3) is 73.1. The Morgan fingerprint density at radius 3 is 0.810 bits per heavy atom. The van der Waals surface area contributed by atoms with Gasteiger partial charge < -0.3 is 33.8 Å². The van der Waals surface area contributed by atoms with E-state index in [1.54, 1.807) is 0 Å². The lowest BCUT2D eigenvalue weighted by Crippen LogP contribution is -2.30. The molecule has 0 rings (SSSR count). The summed E-state index contributed by atoms with van der Waals surface area (Å²) < 4.78 is 68.6. The van der Waals surface area contributed by atoms with E-state index in [2.05, 4.69) is 88.5 Å². The van der Waals surface area contributed by atoms with Crippen molar-refractivity contribution in [2.24, 2.45) is 0 Å². The minimum Gasteiger partial charge on any atom is -0.462 e. The largest absolute Gasteiger partial charge is 0.472 e. The zero-order chi connectivity index (χ0) is 73.2. The van der Waals surface area contributed by atoms with Crippen molar-refractivity contribution in [2.75, 3.05) is 39.6 Å². The smallest absolute Gasteiger partial charge is 0.462 e. The van der Waals surface area contributed by atoms with Crippen LogP contribution in [0.15, 0.2) is 60.8 Å². The van der Waals surface area contributed by atoms with Crippen LogP contribution in [-0.4, -0.2) is 96.7 Å². The van der Waals surface area contributed by atoms with Crippen molar-refractivity contribution < 1.29 is 80.2 Å². The first-order chi connectivity index (χ1) is 48.7. The van der Waals surface area contributed by atoms with Gasteiger partial charge in [0.15, 0.2) is 12.2 Å². The summed E-state index contributed by atoms with van der Waals surface area (Å²) in [5.74, 6) is -2.17. The second kappa shape index (κ2) is 74.0. The van der Waals surface area contributed by atoms with E-state index in [0.717, 1.165) is 154 Å². The summed E-state index contributed by atoms with van der Waals surface area (Å²) in [6, 6.07) is 0. The molecule has 0 saturated heterocycles. The fourth-order valence-corrected chi connectivity index (χ4v) is 12.8. The molecule has 0 spiro atoms. The number of aliphatic hydroxyl groups excluding tert-OH is 1. The highest BCUT2D eigenvalue weighted by atomic mass is 31.2. The Labute approximate surface area is 610 Å². The molecule has 17 nitrogen and oxygen atoms in total. The van der Waals surface area contributed by atoms with E-state index in [4.69, 9.17) is 37.0 Å². The van der Waals surface area contributed by atoms with Crippen LogP contribution in [0.2, 0.25) is 0 Å². The molecule has 0 aromatic rings. The predicted octanol–water partition coefficient (Wildman–Crippen LogP) is 23.5. The van der Waals surface area contributed by atoms with E-state index in [9.17, 15) is 43.2 Å². The Balaban J connectivity index is 5.30. The average Bonchev–Trinajstić information content (AvgIpc) is 2.75. The van der Waals surface area contributed by atoms with Crippen molar-refractivity contribution in [3.63, 3.8) is 0 Å². The Kier molecular flexibility index (Phi) is 71.6. The van der Waals surface area contributed by atoms with E-state index in [-0.39, 0.29) is 25.7 Å². The number of hydrogen-bond donors (Lipinski definition) is 3. The van der Waals surface area contributed by atoms with Crippen LogP contribution in [0.1, 0.15) is 374 Å². The van der Waals surface area contributed by atoms with Gasteiger partial charge in [-0.2, -0.15) is 0 Å². The highest BCUT2D eigenvalue weighted by molar-refractivity contribution is 7.47. The minimum atomic E-state index is -4.98. The molecule has 0 aliphatic carbocycles. The van der Waals surface area contributed by atoms with Crippen molar-refractivity contribution in [2.45, 2.75) is 393 Å². The first kappa shape index (κ1) is 96.8. The third-order valence-corrected chi connectivity index (χ3v) is 19.4. The lowest BCUT2D eigenvalue weighted by atomic mass is 10.0. The molecule has 100 heavy (non-hydrogen) atoms. The monoisotopic (exact) mass is 1460 g/mol. The van der Waals surface area contributed by atoms with Crippen LogP contribution in [0, 0.1) is 0 Å². The Bertz CT molecular complexity index is 2130. The molecule has 0 aromatic carbocycles. The summed E-state index contributed by atoms with van der Waals surface area (Å²) in [6.07, 6.45) is 73.4. The number of hydrogen-bond acceptors (Lipinski definition) is 15. The molecule has 0 heterocycles. The quantitative estimate of drug-likeness (QED) is 0.0169. The van der Waals surface area contributed by atoms with Crippen LogP contribution in [0.25, 0.3) is 0 Å². The van der Waals surface area contributed by atoms with Crippen LogP contribution < -0.4 is 0 Å². The van der Waals surface area contributed by atoms with Crippen LogP contribution in [0.5, 0.6) is 0 Å². The summed E-state index contributed by atoms with van der Waals surface area (Å²) in [5, 5.41) is 10.6. The maximum absolute atomic E-state index is 13.1. The molecule has 5 atom stereocenters. The second-order valence-corrected chi connectivity index (χ2v) is 30.3. The van der Waals surface area contributed by atoms with Crippen LogP contribution in [0.4, 0.5) is 0 Å². The zero-order valence-corrected chi connectivity index (χ0v) is 65.7. The fraction of sp³-hybridized carbons (Fsp3) is 0.827. The van der Waals surface area contributed by atoms with Gasteiger partial charge in [0.1, 0.15) is 19.3 Å². The predicted molar refractivity (Wildman–Crippen MR) is 409 cm³/mol.